The maximum absolute atomic E-state index is 12.3. The van der Waals surface area contributed by atoms with Crippen LogP contribution in [0.4, 0.5) is 0 Å². The van der Waals surface area contributed by atoms with E-state index in [2.05, 4.69) is 4.72 Å². The number of fused-ring (bicyclic) bond motifs is 1. The van der Waals surface area contributed by atoms with Gasteiger partial charge in [-0.1, -0.05) is 19.9 Å². The number of benzene rings is 1. The molecule has 6 nitrogen and oxygen atoms in total. The highest BCUT2D eigenvalue weighted by Crippen LogP contribution is 2.32. The van der Waals surface area contributed by atoms with E-state index >= 15 is 0 Å². The maximum atomic E-state index is 12.3. The summed E-state index contributed by atoms with van der Waals surface area (Å²) in [4.78, 5) is 0. The minimum atomic E-state index is -3.49. The van der Waals surface area contributed by atoms with Gasteiger partial charge in [0, 0.05) is 25.6 Å². The molecule has 1 N–H and O–H groups in total. The zero-order chi connectivity index (χ0) is 16.2. The summed E-state index contributed by atoms with van der Waals surface area (Å²) in [5, 5.41) is 0. The van der Waals surface area contributed by atoms with Crippen LogP contribution in [0.5, 0.6) is 11.5 Å². The van der Waals surface area contributed by atoms with Crippen molar-refractivity contribution in [1.82, 2.24) is 9.03 Å². The zero-order valence-electron chi connectivity index (χ0n) is 13.3. The molecule has 0 fully saturated rings. The summed E-state index contributed by atoms with van der Waals surface area (Å²) >= 11 is 0. The van der Waals surface area contributed by atoms with Gasteiger partial charge in [-0.15, -0.1) is 0 Å². The van der Waals surface area contributed by atoms with Gasteiger partial charge < -0.3 is 9.47 Å². The summed E-state index contributed by atoms with van der Waals surface area (Å²) in [6.45, 7) is 7.59. The Kier molecular flexibility index (Phi) is 5.66. The van der Waals surface area contributed by atoms with Gasteiger partial charge >= 0.3 is 0 Å². The average molecular weight is 328 g/mol. The van der Waals surface area contributed by atoms with Crippen LogP contribution in [0.15, 0.2) is 18.2 Å². The lowest BCUT2D eigenvalue weighted by Crippen LogP contribution is -2.41. The van der Waals surface area contributed by atoms with Gasteiger partial charge in [0.2, 0.25) is 0 Å². The van der Waals surface area contributed by atoms with E-state index in [1.807, 2.05) is 39.0 Å². The SMILES string of the molecule is CCN(CC)S(=O)(=O)NC(C)c1ccc2c(c1)OCCCO2. The van der Waals surface area contributed by atoms with Crippen LogP contribution >= 0.6 is 0 Å². The van der Waals surface area contributed by atoms with Crippen molar-refractivity contribution < 1.29 is 17.9 Å². The van der Waals surface area contributed by atoms with Crippen molar-refractivity contribution in [2.75, 3.05) is 26.3 Å². The van der Waals surface area contributed by atoms with Crippen LogP contribution in [0.3, 0.4) is 0 Å². The number of nitrogens with zero attached hydrogens (tertiary/aromatic N) is 1. The van der Waals surface area contributed by atoms with E-state index in [1.54, 1.807) is 0 Å². The molecule has 1 aromatic rings. The van der Waals surface area contributed by atoms with Crippen molar-refractivity contribution in [1.29, 1.82) is 0 Å². The first-order valence-corrected chi connectivity index (χ1v) is 9.09. The monoisotopic (exact) mass is 328 g/mol. The standard InChI is InChI=1S/C15H24N2O4S/c1-4-17(5-2)22(18,19)16-12(3)13-7-8-14-15(11-13)21-10-6-9-20-14/h7-8,11-12,16H,4-6,9-10H2,1-3H3. The third-order valence-electron chi connectivity index (χ3n) is 3.64. The van der Waals surface area contributed by atoms with Gasteiger partial charge in [-0.3, -0.25) is 0 Å². The molecule has 0 saturated carbocycles. The largest absolute Gasteiger partial charge is 0.490 e. The molecule has 0 aliphatic carbocycles. The van der Waals surface area contributed by atoms with E-state index in [-0.39, 0.29) is 6.04 Å². The van der Waals surface area contributed by atoms with Crippen molar-refractivity contribution in [3.63, 3.8) is 0 Å². The normalized spacial score (nSPS) is 16.4. The highest BCUT2D eigenvalue weighted by Gasteiger charge is 2.22. The van der Waals surface area contributed by atoms with Crippen LogP contribution in [-0.2, 0) is 10.2 Å². The Morgan fingerprint density at radius 1 is 1.18 bits per heavy atom. The molecule has 0 saturated heterocycles. The van der Waals surface area contributed by atoms with Crippen LogP contribution in [0.25, 0.3) is 0 Å². The molecular weight excluding hydrogens is 304 g/mol. The quantitative estimate of drug-likeness (QED) is 0.868. The Bertz CT molecular complexity index is 600. The molecular formula is C15H24N2O4S. The van der Waals surface area contributed by atoms with E-state index < -0.39 is 10.2 Å². The summed E-state index contributed by atoms with van der Waals surface area (Å²) in [5.74, 6) is 1.38. The summed E-state index contributed by atoms with van der Waals surface area (Å²) in [6, 6.07) is 5.19. The molecule has 0 amide bonds. The van der Waals surface area contributed by atoms with Gasteiger partial charge in [0.1, 0.15) is 0 Å². The minimum absolute atomic E-state index is 0.345. The van der Waals surface area contributed by atoms with Crippen LogP contribution in [0.1, 0.15) is 38.8 Å². The Balaban J connectivity index is 2.16. The third-order valence-corrected chi connectivity index (χ3v) is 5.49. The maximum Gasteiger partial charge on any atom is 0.279 e. The fourth-order valence-electron chi connectivity index (χ4n) is 2.38. The van der Waals surface area contributed by atoms with Crippen molar-refractivity contribution in [2.45, 2.75) is 33.2 Å². The molecule has 124 valence electrons. The predicted octanol–water partition coefficient (Wildman–Crippen LogP) is 2.09. The van der Waals surface area contributed by atoms with E-state index in [0.29, 0.717) is 37.8 Å². The average Bonchev–Trinajstić information content (AvgIpc) is 2.72. The number of rotatable bonds is 6. The zero-order valence-corrected chi connectivity index (χ0v) is 14.1. The van der Waals surface area contributed by atoms with Gasteiger partial charge in [0.15, 0.2) is 11.5 Å². The summed E-state index contributed by atoms with van der Waals surface area (Å²) in [5.41, 5.74) is 0.847. The molecule has 1 aliphatic rings. The Labute approximate surface area is 132 Å². The number of nitrogens with one attached hydrogen (secondary N) is 1. The Morgan fingerprint density at radius 2 is 1.82 bits per heavy atom. The van der Waals surface area contributed by atoms with Crippen LogP contribution < -0.4 is 14.2 Å². The van der Waals surface area contributed by atoms with Crippen molar-refractivity contribution in [3.05, 3.63) is 23.8 Å². The summed E-state index contributed by atoms with van der Waals surface area (Å²) < 4.78 is 39.9. The fourth-order valence-corrected chi connectivity index (χ4v) is 3.79. The van der Waals surface area contributed by atoms with Crippen molar-refractivity contribution >= 4 is 10.2 Å². The van der Waals surface area contributed by atoms with E-state index in [9.17, 15) is 8.42 Å². The minimum Gasteiger partial charge on any atom is -0.490 e. The number of hydrogen-bond donors (Lipinski definition) is 1. The van der Waals surface area contributed by atoms with Crippen molar-refractivity contribution in [2.24, 2.45) is 0 Å². The van der Waals surface area contributed by atoms with E-state index in [0.717, 1.165) is 12.0 Å². The van der Waals surface area contributed by atoms with Gasteiger partial charge in [0.25, 0.3) is 10.2 Å². The topological polar surface area (TPSA) is 67.9 Å². The first kappa shape index (κ1) is 17.1. The molecule has 7 heteroatoms. The summed E-state index contributed by atoms with van der Waals surface area (Å²) in [6.07, 6.45) is 0.841. The molecule has 1 atom stereocenters. The molecule has 0 bridgehead atoms. The van der Waals surface area contributed by atoms with E-state index in [1.165, 1.54) is 4.31 Å². The smallest absolute Gasteiger partial charge is 0.279 e. The third kappa shape index (κ3) is 3.91. The van der Waals surface area contributed by atoms with Crippen LogP contribution in [0.2, 0.25) is 0 Å². The van der Waals surface area contributed by atoms with Gasteiger partial charge in [0.05, 0.1) is 13.2 Å². The van der Waals surface area contributed by atoms with E-state index in [4.69, 9.17) is 9.47 Å². The fraction of sp³-hybridized carbons (Fsp3) is 0.600. The second-order valence-corrected chi connectivity index (χ2v) is 6.89. The predicted molar refractivity (Wildman–Crippen MR) is 85.4 cm³/mol. The Morgan fingerprint density at radius 3 is 2.45 bits per heavy atom. The Hall–Kier alpha value is -1.31. The lowest BCUT2D eigenvalue weighted by atomic mass is 10.1. The molecule has 1 heterocycles. The molecule has 1 aliphatic heterocycles. The molecule has 2 rings (SSSR count). The van der Waals surface area contributed by atoms with Crippen molar-refractivity contribution in [3.8, 4) is 11.5 Å². The van der Waals surface area contributed by atoms with Gasteiger partial charge in [-0.05, 0) is 24.6 Å². The molecule has 0 spiro atoms. The van der Waals surface area contributed by atoms with Gasteiger partial charge in [-0.2, -0.15) is 17.4 Å². The highest BCUT2D eigenvalue weighted by atomic mass is 32.2. The number of ether oxygens (including phenoxy) is 2. The molecule has 22 heavy (non-hydrogen) atoms. The highest BCUT2D eigenvalue weighted by molar-refractivity contribution is 7.87. The summed E-state index contributed by atoms with van der Waals surface area (Å²) in [7, 11) is -3.49. The second-order valence-electron chi connectivity index (χ2n) is 5.19. The molecule has 1 aromatic carbocycles. The first-order chi connectivity index (χ1) is 10.5. The van der Waals surface area contributed by atoms with Crippen LogP contribution in [-0.4, -0.2) is 39.0 Å². The second kappa shape index (κ2) is 7.30. The number of hydrogen-bond acceptors (Lipinski definition) is 4. The molecule has 0 aromatic heterocycles. The lowest BCUT2D eigenvalue weighted by Gasteiger charge is -2.22. The lowest BCUT2D eigenvalue weighted by molar-refractivity contribution is 0.297. The molecule has 0 radical (unpaired) electrons. The first-order valence-electron chi connectivity index (χ1n) is 7.65. The van der Waals surface area contributed by atoms with Crippen LogP contribution in [0, 0.1) is 0 Å². The van der Waals surface area contributed by atoms with Gasteiger partial charge in [-0.25, -0.2) is 0 Å². The molecule has 1 unspecified atom stereocenters.